The first-order valence-corrected chi connectivity index (χ1v) is 7.39. The van der Waals surface area contributed by atoms with Gasteiger partial charge in [0.2, 0.25) is 0 Å². The van der Waals surface area contributed by atoms with Crippen molar-refractivity contribution in [2.24, 2.45) is 0 Å². The van der Waals surface area contributed by atoms with E-state index in [0.717, 1.165) is 23.4 Å². The molecule has 1 heterocycles. The second-order valence-corrected chi connectivity index (χ2v) is 5.70. The van der Waals surface area contributed by atoms with E-state index in [1.807, 2.05) is 37.3 Å². The lowest BCUT2D eigenvalue weighted by atomic mass is 10.1. The summed E-state index contributed by atoms with van der Waals surface area (Å²) < 4.78 is 0. The van der Waals surface area contributed by atoms with Gasteiger partial charge in [-0.05, 0) is 31.4 Å². The largest absolute Gasteiger partial charge is 0.477 e. The highest BCUT2D eigenvalue weighted by Gasteiger charge is 2.14. The monoisotopic (exact) mass is 287 g/mol. The number of hydrogen-bond acceptors (Lipinski definition) is 3. The van der Waals surface area contributed by atoms with E-state index in [9.17, 15) is 9.90 Å². The van der Waals surface area contributed by atoms with Crippen molar-refractivity contribution in [1.82, 2.24) is 4.98 Å². The molecule has 0 unspecified atom stereocenters. The molecular formula is C16H17NO2S. The van der Waals surface area contributed by atoms with Gasteiger partial charge in [-0.1, -0.05) is 42.8 Å². The molecule has 0 saturated carbocycles. The first kappa shape index (κ1) is 14.5. The van der Waals surface area contributed by atoms with E-state index in [4.69, 9.17) is 0 Å². The fourth-order valence-corrected chi connectivity index (χ4v) is 2.81. The number of carboxylic acids is 1. The van der Waals surface area contributed by atoms with Crippen LogP contribution in [0.5, 0.6) is 0 Å². The molecule has 0 fully saturated rings. The molecule has 0 atom stereocenters. The highest BCUT2D eigenvalue weighted by Crippen LogP contribution is 2.22. The molecule has 0 bridgehead atoms. The fourth-order valence-electron chi connectivity index (χ4n) is 1.82. The molecule has 0 amide bonds. The molecule has 1 aromatic carbocycles. The van der Waals surface area contributed by atoms with Gasteiger partial charge in [0, 0.05) is 0 Å². The van der Waals surface area contributed by atoms with Gasteiger partial charge in [0.1, 0.15) is 4.88 Å². The van der Waals surface area contributed by atoms with E-state index < -0.39 is 5.97 Å². The second-order valence-electron chi connectivity index (χ2n) is 4.62. The fraction of sp³-hybridized carbons (Fsp3) is 0.250. The topological polar surface area (TPSA) is 50.2 Å². The minimum atomic E-state index is -0.909. The highest BCUT2D eigenvalue weighted by molar-refractivity contribution is 7.13. The van der Waals surface area contributed by atoms with Crippen LogP contribution in [0.2, 0.25) is 0 Å². The average molecular weight is 287 g/mol. The van der Waals surface area contributed by atoms with Crippen molar-refractivity contribution in [2.45, 2.75) is 26.7 Å². The van der Waals surface area contributed by atoms with Crippen molar-refractivity contribution in [3.8, 4) is 0 Å². The van der Waals surface area contributed by atoms with Crippen molar-refractivity contribution in [1.29, 1.82) is 0 Å². The molecule has 104 valence electrons. The number of carboxylic acid groups (broad SMARTS) is 1. The maximum Gasteiger partial charge on any atom is 0.348 e. The number of aromatic carboxylic acids is 1. The molecule has 2 rings (SSSR count). The molecule has 0 radical (unpaired) electrons. The van der Waals surface area contributed by atoms with Crippen LogP contribution in [0.15, 0.2) is 24.3 Å². The Bertz CT molecular complexity index is 626. The Morgan fingerprint density at radius 3 is 2.60 bits per heavy atom. The molecule has 20 heavy (non-hydrogen) atoms. The summed E-state index contributed by atoms with van der Waals surface area (Å²) in [7, 11) is 0. The Morgan fingerprint density at radius 2 is 2.00 bits per heavy atom. The lowest BCUT2D eigenvalue weighted by Crippen LogP contribution is -1.94. The van der Waals surface area contributed by atoms with Gasteiger partial charge in [0.15, 0.2) is 0 Å². The van der Waals surface area contributed by atoms with Crippen molar-refractivity contribution in [2.75, 3.05) is 0 Å². The number of nitrogens with zero attached hydrogens (tertiary/aromatic N) is 1. The number of thiazole rings is 1. The quantitative estimate of drug-likeness (QED) is 0.893. The highest BCUT2D eigenvalue weighted by atomic mass is 32.1. The van der Waals surface area contributed by atoms with Crippen molar-refractivity contribution < 1.29 is 9.90 Å². The SMILES string of the molecule is CCCc1nc(/C=C/c2ccc(C)cc2)c(C(=O)O)s1. The first-order chi connectivity index (χ1) is 9.60. The van der Waals surface area contributed by atoms with E-state index in [-0.39, 0.29) is 0 Å². The third-order valence-electron chi connectivity index (χ3n) is 2.87. The summed E-state index contributed by atoms with van der Waals surface area (Å²) >= 11 is 1.27. The van der Waals surface area contributed by atoms with E-state index in [0.29, 0.717) is 10.6 Å². The molecule has 1 aromatic heterocycles. The van der Waals surface area contributed by atoms with Crippen LogP contribution >= 0.6 is 11.3 Å². The van der Waals surface area contributed by atoms with E-state index >= 15 is 0 Å². The zero-order valence-electron chi connectivity index (χ0n) is 11.6. The average Bonchev–Trinajstić information content (AvgIpc) is 2.82. The normalized spacial score (nSPS) is 11.1. The number of hydrogen-bond donors (Lipinski definition) is 1. The van der Waals surface area contributed by atoms with Gasteiger partial charge in [-0.3, -0.25) is 0 Å². The molecule has 4 heteroatoms. The van der Waals surface area contributed by atoms with Gasteiger partial charge < -0.3 is 5.11 Å². The smallest absolute Gasteiger partial charge is 0.348 e. The van der Waals surface area contributed by atoms with Gasteiger partial charge in [-0.2, -0.15) is 0 Å². The third-order valence-corrected chi connectivity index (χ3v) is 3.99. The molecule has 0 saturated heterocycles. The van der Waals surface area contributed by atoms with Gasteiger partial charge in [-0.15, -0.1) is 11.3 Å². The van der Waals surface area contributed by atoms with E-state index in [2.05, 4.69) is 11.9 Å². The predicted octanol–water partition coefficient (Wildman–Crippen LogP) is 4.27. The van der Waals surface area contributed by atoms with Gasteiger partial charge in [-0.25, -0.2) is 9.78 Å². The summed E-state index contributed by atoms with van der Waals surface area (Å²) in [6.45, 7) is 4.09. The van der Waals surface area contributed by atoms with Crippen molar-refractivity contribution >= 4 is 29.5 Å². The number of rotatable bonds is 5. The number of aromatic nitrogens is 1. The second kappa shape index (κ2) is 6.48. The van der Waals surface area contributed by atoms with Crippen LogP contribution in [0.4, 0.5) is 0 Å². The lowest BCUT2D eigenvalue weighted by Gasteiger charge is -1.94. The van der Waals surface area contributed by atoms with Crippen LogP contribution in [0, 0.1) is 6.92 Å². The van der Waals surface area contributed by atoms with Crippen LogP contribution in [0.1, 0.15) is 44.8 Å². The van der Waals surface area contributed by atoms with Crippen LogP contribution in [-0.2, 0) is 6.42 Å². The Morgan fingerprint density at radius 1 is 1.30 bits per heavy atom. The van der Waals surface area contributed by atoms with Gasteiger partial charge in [0.05, 0.1) is 10.7 Å². The molecule has 1 N–H and O–H groups in total. The van der Waals surface area contributed by atoms with Crippen molar-refractivity contribution in [3.63, 3.8) is 0 Å². The predicted molar refractivity (Wildman–Crippen MR) is 83.2 cm³/mol. The molecule has 0 aliphatic heterocycles. The molecule has 2 aromatic rings. The van der Waals surface area contributed by atoms with Gasteiger partial charge in [0.25, 0.3) is 0 Å². The Labute approximate surface area is 122 Å². The Kier molecular flexibility index (Phi) is 4.69. The maximum absolute atomic E-state index is 11.2. The molecular weight excluding hydrogens is 270 g/mol. The summed E-state index contributed by atoms with van der Waals surface area (Å²) in [5.74, 6) is -0.909. The van der Waals surface area contributed by atoms with Gasteiger partial charge >= 0.3 is 5.97 Å². The summed E-state index contributed by atoms with van der Waals surface area (Å²) in [5, 5.41) is 10.1. The van der Waals surface area contributed by atoms with E-state index in [1.54, 1.807) is 6.08 Å². The lowest BCUT2D eigenvalue weighted by molar-refractivity contribution is 0.0701. The zero-order chi connectivity index (χ0) is 14.5. The number of benzene rings is 1. The molecule has 0 spiro atoms. The summed E-state index contributed by atoms with van der Waals surface area (Å²) in [6, 6.07) is 8.07. The maximum atomic E-state index is 11.2. The standard InChI is InChI=1S/C16H17NO2S/c1-3-4-14-17-13(15(20-14)16(18)19)10-9-12-7-5-11(2)6-8-12/h5-10H,3-4H2,1-2H3,(H,18,19)/b10-9+. The Hall–Kier alpha value is -1.94. The minimum Gasteiger partial charge on any atom is -0.477 e. The summed E-state index contributed by atoms with van der Waals surface area (Å²) in [6.07, 6.45) is 5.47. The van der Waals surface area contributed by atoms with Crippen LogP contribution < -0.4 is 0 Å². The first-order valence-electron chi connectivity index (χ1n) is 6.58. The number of aryl methyl sites for hydroxylation is 2. The zero-order valence-corrected chi connectivity index (χ0v) is 12.4. The van der Waals surface area contributed by atoms with E-state index in [1.165, 1.54) is 16.9 Å². The number of carbonyl (C=O) groups is 1. The van der Waals surface area contributed by atoms with Crippen LogP contribution in [-0.4, -0.2) is 16.1 Å². The van der Waals surface area contributed by atoms with Crippen LogP contribution in [0.3, 0.4) is 0 Å². The minimum absolute atomic E-state index is 0.316. The third kappa shape index (κ3) is 3.54. The Balaban J connectivity index is 2.27. The summed E-state index contributed by atoms with van der Waals surface area (Å²) in [4.78, 5) is 16.0. The molecule has 0 aliphatic rings. The van der Waals surface area contributed by atoms with Crippen molar-refractivity contribution in [3.05, 3.63) is 51.0 Å². The summed E-state index contributed by atoms with van der Waals surface area (Å²) in [5.41, 5.74) is 2.79. The molecule has 0 aliphatic carbocycles. The molecule has 3 nitrogen and oxygen atoms in total. The van der Waals surface area contributed by atoms with Crippen LogP contribution in [0.25, 0.3) is 12.2 Å².